The van der Waals surface area contributed by atoms with E-state index in [1.165, 1.54) is 4.68 Å². The zero-order valence-electron chi connectivity index (χ0n) is 16.4. The van der Waals surface area contributed by atoms with Crippen LogP contribution in [0.5, 0.6) is 0 Å². The molecule has 0 aliphatic heterocycles. The van der Waals surface area contributed by atoms with Gasteiger partial charge in [-0.3, -0.25) is 14.3 Å². The number of rotatable bonds is 6. The minimum atomic E-state index is -0.589. The number of nitrogens with zero attached hydrogens (tertiary/aromatic N) is 4. The Labute approximate surface area is 161 Å². The largest absolute Gasteiger partial charge is 0.359 e. The van der Waals surface area contributed by atoms with Crippen LogP contribution in [0.25, 0.3) is 0 Å². The average molecular weight is 386 g/mol. The predicted octanol–water partition coefficient (Wildman–Crippen LogP) is 2.93. The lowest BCUT2D eigenvalue weighted by Gasteiger charge is -2.15. The van der Waals surface area contributed by atoms with Crippen molar-refractivity contribution in [3.8, 4) is 0 Å². The first-order valence-corrected chi connectivity index (χ1v) is 8.84. The van der Waals surface area contributed by atoms with Crippen molar-refractivity contribution < 1.29 is 18.6 Å². The highest BCUT2D eigenvalue weighted by molar-refractivity contribution is 6.03. The number of amides is 2. The number of anilines is 2. The van der Waals surface area contributed by atoms with Gasteiger partial charge in [0, 0.05) is 6.20 Å². The summed E-state index contributed by atoms with van der Waals surface area (Å²) >= 11 is 0. The minimum Gasteiger partial charge on any atom is -0.359 e. The average Bonchev–Trinajstić information content (AvgIpc) is 3.34. The van der Waals surface area contributed by atoms with Crippen LogP contribution < -0.4 is 10.6 Å². The molecular weight excluding hydrogens is 364 g/mol. The number of nitrogens with one attached hydrogen (secondary N) is 2. The molecular formula is C18H22N6O4. The number of aromatic nitrogens is 4. The van der Waals surface area contributed by atoms with E-state index in [9.17, 15) is 9.59 Å². The summed E-state index contributed by atoms with van der Waals surface area (Å²) in [6.45, 7) is 8.78. The molecule has 0 spiro atoms. The van der Waals surface area contributed by atoms with Gasteiger partial charge in [-0.2, -0.15) is 5.10 Å². The first-order valence-electron chi connectivity index (χ1n) is 8.84. The molecule has 0 unspecified atom stereocenters. The molecule has 0 saturated carbocycles. The van der Waals surface area contributed by atoms with Gasteiger partial charge < -0.3 is 19.7 Å². The summed E-state index contributed by atoms with van der Waals surface area (Å²) in [5.41, 5.74) is 2.43. The van der Waals surface area contributed by atoms with Crippen LogP contribution in [0.15, 0.2) is 21.3 Å². The Bertz CT molecular complexity index is 976. The third kappa shape index (κ3) is 3.66. The van der Waals surface area contributed by atoms with E-state index in [1.807, 2.05) is 6.92 Å². The summed E-state index contributed by atoms with van der Waals surface area (Å²) in [5.74, 6) is 0.364. The van der Waals surface area contributed by atoms with Gasteiger partial charge in [-0.15, -0.1) is 0 Å². The van der Waals surface area contributed by atoms with Gasteiger partial charge in [0.05, 0.1) is 0 Å². The molecule has 2 amide bonds. The normalized spacial score (nSPS) is 12.0. The monoisotopic (exact) mass is 386 g/mol. The molecule has 3 aromatic rings. The van der Waals surface area contributed by atoms with Crippen molar-refractivity contribution in [3.05, 3.63) is 40.9 Å². The predicted molar refractivity (Wildman–Crippen MR) is 100 cm³/mol. The van der Waals surface area contributed by atoms with Gasteiger partial charge in [-0.1, -0.05) is 17.2 Å². The van der Waals surface area contributed by atoms with Crippen molar-refractivity contribution >= 4 is 23.2 Å². The summed E-state index contributed by atoms with van der Waals surface area (Å²) in [6.07, 6.45) is 2.09. The van der Waals surface area contributed by atoms with Crippen LogP contribution in [0, 0.1) is 27.7 Å². The van der Waals surface area contributed by atoms with Crippen molar-refractivity contribution in [1.82, 2.24) is 20.1 Å². The summed E-state index contributed by atoms with van der Waals surface area (Å²) in [6, 6.07) is 0.966. The fraction of sp³-hybridized carbons (Fsp3) is 0.389. The number of carbonyl (C=O) groups is 2. The number of hydrogen-bond acceptors (Lipinski definition) is 7. The van der Waals surface area contributed by atoms with Crippen LogP contribution in [-0.4, -0.2) is 31.9 Å². The Morgan fingerprint density at radius 2 is 1.61 bits per heavy atom. The van der Waals surface area contributed by atoms with Gasteiger partial charge in [0.1, 0.15) is 28.8 Å². The maximum absolute atomic E-state index is 12.7. The fourth-order valence-electron chi connectivity index (χ4n) is 2.83. The molecule has 28 heavy (non-hydrogen) atoms. The third-order valence-corrected chi connectivity index (χ3v) is 4.40. The molecule has 10 heteroatoms. The van der Waals surface area contributed by atoms with E-state index in [2.05, 4.69) is 26.0 Å². The summed E-state index contributed by atoms with van der Waals surface area (Å²) in [5, 5.41) is 17.5. The minimum absolute atomic E-state index is 0.184. The lowest BCUT2D eigenvalue weighted by Crippen LogP contribution is -2.27. The van der Waals surface area contributed by atoms with Gasteiger partial charge in [0.25, 0.3) is 5.91 Å². The van der Waals surface area contributed by atoms with E-state index in [-0.39, 0.29) is 11.6 Å². The van der Waals surface area contributed by atoms with Crippen molar-refractivity contribution in [2.24, 2.45) is 0 Å². The van der Waals surface area contributed by atoms with E-state index in [0.29, 0.717) is 40.7 Å². The molecule has 1 atom stereocenters. The molecule has 0 aliphatic carbocycles. The molecule has 3 heterocycles. The Morgan fingerprint density at radius 3 is 2.11 bits per heavy atom. The molecule has 148 valence electrons. The number of carbonyl (C=O) groups excluding carboxylic acids is 2. The van der Waals surface area contributed by atoms with Crippen LogP contribution in [0.4, 0.5) is 11.4 Å². The lowest BCUT2D eigenvalue weighted by molar-refractivity contribution is -0.119. The lowest BCUT2D eigenvalue weighted by atomic mass is 10.2. The smallest absolute Gasteiger partial charge is 0.276 e. The molecule has 0 aliphatic rings. The van der Waals surface area contributed by atoms with Crippen LogP contribution in [-0.2, 0) is 4.79 Å². The van der Waals surface area contributed by atoms with Gasteiger partial charge in [0.2, 0.25) is 5.91 Å². The molecule has 2 N–H and O–H groups in total. The van der Waals surface area contributed by atoms with Gasteiger partial charge in [-0.05, 0) is 40.2 Å². The van der Waals surface area contributed by atoms with E-state index in [4.69, 9.17) is 9.05 Å². The van der Waals surface area contributed by atoms with E-state index in [1.54, 1.807) is 40.0 Å². The van der Waals surface area contributed by atoms with E-state index < -0.39 is 11.9 Å². The Hall–Kier alpha value is -3.43. The quantitative estimate of drug-likeness (QED) is 0.666. The van der Waals surface area contributed by atoms with Crippen molar-refractivity contribution in [2.75, 3.05) is 10.6 Å². The van der Waals surface area contributed by atoms with Crippen LogP contribution >= 0.6 is 0 Å². The van der Waals surface area contributed by atoms with E-state index >= 15 is 0 Å². The van der Waals surface area contributed by atoms with Crippen molar-refractivity contribution in [3.63, 3.8) is 0 Å². The molecule has 0 fully saturated rings. The number of aryl methyl sites for hydroxylation is 4. The maximum Gasteiger partial charge on any atom is 0.276 e. The topological polar surface area (TPSA) is 128 Å². The summed E-state index contributed by atoms with van der Waals surface area (Å²) < 4.78 is 11.6. The zero-order valence-corrected chi connectivity index (χ0v) is 16.4. The maximum atomic E-state index is 12.7. The highest BCUT2D eigenvalue weighted by Crippen LogP contribution is 2.22. The Kier molecular flexibility index (Phi) is 5.30. The van der Waals surface area contributed by atoms with Crippen LogP contribution in [0.1, 0.15) is 52.8 Å². The molecule has 10 nitrogen and oxygen atoms in total. The van der Waals surface area contributed by atoms with E-state index in [0.717, 1.165) is 0 Å². The number of hydrogen-bond donors (Lipinski definition) is 2. The highest BCUT2D eigenvalue weighted by Gasteiger charge is 2.24. The Balaban J connectivity index is 1.75. The molecule has 0 saturated heterocycles. The second-order valence-corrected chi connectivity index (χ2v) is 6.45. The third-order valence-electron chi connectivity index (χ3n) is 4.40. The first-order chi connectivity index (χ1) is 13.3. The molecule has 0 radical (unpaired) electrons. The molecule has 3 aromatic heterocycles. The van der Waals surface area contributed by atoms with Gasteiger partial charge in [-0.25, -0.2) is 0 Å². The van der Waals surface area contributed by atoms with Crippen LogP contribution in [0.3, 0.4) is 0 Å². The Morgan fingerprint density at radius 1 is 1.04 bits per heavy atom. The van der Waals surface area contributed by atoms with Crippen LogP contribution in [0.2, 0.25) is 0 Å². The molecule has 0 bridgehead atoms. The second-order valence-electron chi connectivity index (χ2n) is 6.45. The summed E-state index contributed by atoms with van der Waals surface area (Å²) in [4.78, 5) is 25.2. The first kappa shape index (κ1) is 19.3. The summed E-state index contributed by atoms with van der Waals surface area (Å²) in [7, 11) is 0. The zero-order chi connectivity index (χ0) is 20.4. The standard InChI is InChI=1S/C18H22N6O4/c1-6-14(18(26)20-16-10(3)23-28-12(16)5)24-8-7-13(21-24)17(25)19-15-9(2)22-27-11(15)4/h7-8,14H,6H2,1-5H3,(H,19,25)(H,20,26)/t14-/m0/s1. The molecule has 0 aromatic carbocycles. The van der Waals surface area contributed by atoms with Crippen molar-refractivity contribution in [1.29, 1.82) is 0 Å². The SMILES string of the molecule is CC[C@@H](C(=O)Nc1c(C)noc1C)n1ccc(C(=O)Nc2c(C)noc2C)n1. The fourth-order valence-corrected chi connectivity index (χ4v) is 2.83. The second kappa shape index (κ2) is 7.67. The molecule has 3 rings (SSSR count). The highest BCUT2D eigenvalue weighted by atomic mass is 16.5. The van der Waals surface area contributed by atoms with Gasteiger partial charge in [0.15, 0.2) is 17.2 Å². The van der Waals surface area contributed by atoms with Crippen molar-refractivity contribution in [2.45, 2.75) is 47.1 Å². The van der Waals surface area contributed by atoms with Gasteiger partial charge >= 0.3 is 0 Å².